The van der Waals surface area contributed by atoms with Crippen LogP contribution >= 0.6 is 0 Å². The van der Waals surface area contributed by atoms with E-state index in [4.69, 9.17) is 10.2 Å². The molecule has 0 radical (unpaired) electrons. The van der Waals surface area contributed by atoms with Gasteiger partial charge in [0.05, 0.1) is 6.67 Å². The third-order valence-corrected chi connectivity index (χ3v) is 0.686. The molecule has 5 heteroatoms. The van der Waals surface area contributed by atoms with Crippen LogP contribution in [-0.4, -0.2) is 22.9 Å². The van der Waals surface area contributed by atoms with Crippen molar-refractivity contribution < 1.29 is 10.2 Å². The molecule has 0 aliphatic carbocycles. The zero-order chi connectivity index (χ0) is 5.33. The van der Waals surface area contributed by atoms with E-state index in [0.717, 1.165) is 0 Å². The molecule has 0 unspecified atom stereocenters. The molecule has 5 nitrogen and oxygen atoms in total. The molecule has 0 atom stereocenters. The Kier molecular flexibility index (Phi) is 0.983. The van der Waals surface area contributed by atoms with E-state index in [2.05, 4.69) is 16.2 Å². The Bertz CT molecular complexity index is 65.3. The van der Waals surface area contributed by atoms with Gasteiger partial charge in [0, 0.05) is 0 Å². The molecule has 7 heavy (non-hydrogen) atoms. The smallest absolute Gasteiger partial charge is 0.300 e. The van der Waals surface area contributed by atoms with E-state index < -0.39 is 6.03 Å². The average Bonchev–Trinajstić information content (AvgIpc) is 1.84. The summed E-state index contributed by atoms with van der Waals surface area (Å²) in [6.45, 7) is 0.354. The predicted molar refractivity (Wildman–Crippen MR) is 21.4 cm³/mol. The lowest BCUT2D eigenvalue weighted by Crippen LogP contribution is -2.50. The Labute approximate surface area is 40.3 Å². The van der Waals surface area contributed by atoms with E-state index in [9.17, 15) is 0 Å². The topological polar surface area (TPSA) is 76.5 Å². The summed E-state index contributed by atoms with van der Waals surface area (Å²) in [5, 5.41) is 19.2. The van der Waals surface area contributed by atoms with Gasteiger partial charge in [-0.3, -0.25) is 0 Å². The first kappa shape index (κ1) is 4.95. The van der Waals surface area contributed by atoms with Crippen LogP contribution in [0.15, 0.2) is 0 Å². The van der Waals surface area contributed by atoms with Gasteiger partial charge >= 0.3 is 6.03 Å². The van der Waals surface area contributed by atoms with Gasteiger partial charge in [0.1, 0.15) is 0 Å². The summed E-state index contributed by atoms with van der Waals surface area (Å²) in [6.07, 6.45) is 0. The number of aliphatic hydroxyl groups is 2. The average molecular weight is 105 g/mol. The van der Waals surface area contributed by atoms with Crippen molar-refractivity contribution in [1.82, 2.24) is 16.2 Å². The largest absolute Gasteiger partial charge is 0.340 e. The fraction of sp³-hybridized carbons (Fsp3) is 1.00. The van der Waals surface area contributed by atoms with Crippen LogP contribution in [0.2, 0.25) is 0 Å². The second-order valence-corrected chi connectivity index (χ2v) is 1.33. The lowest BCUT2D eigenvalue weighted by molar-refractivity contribution is -0.192. The minimum atomic E-state index is -1.92. The van der Waals surface area contributed by atoms with Crippen LogP contribution in [-0.2, 0) is 0 Å². The summed E-state index contributed by atoms with van der Waals surface area (Å²) in [4.78, 5) is 0. The van der Waals surface area contributed by atoms with E-state index in [1.165, 1.54) is 0 Å². The maximum Gasteiger partial charge on any atom is 0.300 e. The molecule has 0 amide bonds. The monoisotopic (exact) mass is 105 g/mol. The third kappa shape index (κ3) is 1.08. The lowest BCUT2D eigenvalue weighted by Gasteiger charge is -2.11. The first-order valence-electron chi connectivity index (χ1n) is 1.90. The van der Waals surface area contributed by atoms with Gasteiger partial charge in [0.15, 0.2) is 0 Å². The number of hydrogen-bond donors (Lipinski definition) is 5. The Morgan fingerprint density at radius 3 is 2.29 bits per heavy atom. The number of hydrogen-bond acceptors (Lipinski definition) is 5. The molecule has 0 saturated carbocycles. The fourth-order valence-corrected chi connectivity index (χ4v) is 0.379. The van der Waals surface area contributed by atoms with Crippen LogP contribution in [0.5, 0.6) is 0 Å². The molecule has 5 N–H and O–H groups in total. The van der Waals surface area contributed by atoms with E-state index in [1.54, 1.807) is 0 Å². The molecule has 1 aliphatic rings. The van der Waals surface area contributed by atoms with Crippen molar-refractivity contribution in [3.8, 4) is 0 Å². The summed E-state index contributed by atoms with van der Waals surface area (Å²) in [7, 11) is 0. The molecule has 0 aromatic rings. The Hall–Kier alpha value is -0.200. The number of nitrogens with one attached hydrogen (secondary N) is 3. The summed E-state index contributed by atoms with van der Waals surface area (Å²) < 4.78 is 0. The lowest BCUT2D eigenvalue weighted by atomic mass is 10.9. The van der Waals surface area contributed by atoms with Gasteiger partial charge in [-0.1, -0.05) is 0 Å². The standard InChI is InChI=1S/C2H7N3O2/c6-2(7)3-1-4-5-2/h3-7H,1H2. The first-order valence-corrected chi connectivity index (χ1v) is 1.90. The molecule has 42 valence electrons. The summed E-state index contributed by atoms with van der Waals surface area (Å²) in [5.74, 6) is 0. The van der Waals surface area contributed by atoms with Crippen LogP contribution in [0.4, 0.5) is 0 Å². The van der Waals surface area contributed by atoms with Crippen LogP contribution in [0, 0.1) is 0 Å². The maximum absolute atomic E-state index is 8.47. The first-order chi connectivity index (χ1) is 3.21. The molecule has 0 bridgehead atoms. The van der Waals surface area contributed by atoms with Gasteiger partial charge in [-0.05, 0) is 0 Å². The van der Waals surface area contributed by atoms with Gasteiger partial charge in [-0.2, -0.15) is 5.43 Å². The van der Waals surface area contributed by atoms with Crippen molar-refractivity contribution in [2.45, 2.75) is 6.03 Å². The molecule has 1 aliphatic heterocycles. The minimum absolute atomic E-state index is 0.354. The quantitative estimate of drug-likeness (QED) is 0.216. The second-order valence-electron chi connectivity index (χ2n) is 1.33. The normalized spacial score (nSPS) is 28.3. The van der Waals surface area contributed by atoms with Gasteiger partial charge in [0.25, 0.3) is 0 Å². The Morgan fingerprint density at radius 1 is 1.43 bits per heavy atom. The van der Waals surface area contributed by atoms with E-state index in [1.807, 2.05) is 0 Å². The summed E-state index contributed by atoms with van der Waals surface area (Å²) in [5.41, 5.74) is 4.60. The third-order valence-electron chi connectivity index (χ3n) is 0.686. The molecule has 0 aromatic carbocycles. The highest BCUT2D eigenvalue weighted by Crippen LogP contribution is 1.85. The van der Waals surface area contributed by atoms with Gasteiger partial charge in [-0.25, -0.2) is 10.7 Å². The number of hydrazine groups is 1. The Balaban J connectivity index is 2.40. The van der Waals surface area contributed by atoms with Crippen LogP contribution in [0.3, 0.4) is 0 Å². The van der Waals surface area contributed by atoms with Crippen molar-refractivity contribution >= 4 is 0 Å². The van der Waals surface area contributed by atoms with Crippen molar-refractivity contribution in [1.29, 1.82) is 0 Å². The molecule has 1 rings (SSSR count). The molecule has 1 fully saturated rings. The zero-order valence-electron chi connectivity index (χ0n) is 3.60. The Morgan fingerprint density at radius 2 is 2.14 bits per heavy atom. The van der Waals surface area contributed by atoms with Gasteiger partial charge in [0.2, 0.25) is 0 Å². The van der Waals surface area contributed by atoms with Crippen LogP contribution < -0.4 is 16.2 Å². The van der Waals surface area contributed by atoms with Crippen molar-refractivity contribution in [3.05, 3.63) is 0 Å². The van der Waals surface area contributed by atoms with Crippen LogP contribution in [0.25, 0.3) is 0 Å². The molecule has 1 saturated heterocycles. The minimum Gasteiger partial charge on any atom is -0.340 e. The van der Waals surface area contributed by atoms with Gasteiger partial charge in [-0.15, -0.1) is 0 Å². The number of rotatable bonds is 0. The molecular formula is C2H7N3O2. The van der Waals surface area contributed by atoms with Crippen LogP contribution in [0.1, 0.15) is 0 Å². The highest BCUT2D eigenvalue weighted by Gasteiger charge is 2.25. The van der Waals surface area contributed by atoms with Crippen molar-refractivity contribution in [2.24, 2.45) is 0 Å². The zero-order valence-corrected chi connectivity index (χ0v) is 3.60. The van der Waals surface area contributed by atoms with Crippen molar-refractivity contribution in [2.75, 3.05) is 6.67 Å². The summed E-state index contributed by atoms with van der Waals surface area (Å²) >= 11 is 0. The highest BCUT2D eigenvalue weighted by atomic mass is 16.6. The maximum atomic E-state index is 8.47. The fourth-order valence-electron chi connectivity index (χ4n) is 0.379. The van der Waals surface area contributed by atoms with E-state index >= 15 is 0 Å². The molecule has 0 spiro atoms. The van der Waals surface area contributed by atoms with E-state index in [-0.39, 0.29) is 0 Å². The highest BCUT2D eigenvalue weighted by molar-refractivity contribution is 4.59. The van der Waals surface area contributed by atoms with Crippen molar-refractivity contribution in [3.63, 3.8) is 0 Å². The molecule has 1 heterocycles. The summed E-state index contributed by atoms with van der Waals surface area (Å²) in [6, 6.07) is -1.92. The predicted octanol–water partition coefficient (Wildman–Crippen LogP) is -2.76. The SMILES string of the molecule is OC1(O)NCNN1. The van der Waals surface area contributed by atoms with E-state index in [0.29, 0.717) is 6.67 Å². The second kappa shape index (κ2) is 1.39. The molecule has 0 aromatic heterocycles. The molecular weight excluding hydrogens is 98.0 g/mol. The van der Waals surface area contributed by atoms with Gasteiger partial charge < -0.3 is 10.2 Å².